The summed E-state index contributed by atoms with van der Waals surface area (Å²) in [4.78, 5) is 13.1. The number of hydrogen-bond donors (Lipinski definition) is 9. The van der Waals surface area contributed by atoms with Gasteiger partial charge < -0.3 is 65.1 Å². The number of carbonyl (C=O) groups excluding carboxylic acids is 1. The highest BCUT2D eigenvalue weighted by Gasteiger charge is 2.51. The molecule has 0 radical (unpaired) electrons. The van der Waals surface area contributed by atoms with Gasteiger partial charge >= 0.3 is 0 Å². The molecule has 2 saturated heterocycles. The van der Waals surface area contributed by atoms with Gasteiger partial charge in [-0.05, 0) is 89.9 Å². The molecule has 0 saturated carbocycles. The molecule has 12 atom stereocenters. The molecule has 0 bridgehead atoms. The highest BCUT2D eigenvalue weighted by Crippen LogP contribution is 2.30. The maximum atomic E-state index is 13.1. The Morgan fingerprint density at radius 1 is 0.552 bits per heavy atom. The predicted molar refractivity (Wildman–Crippen MR) is 262 cm³/mol. The quantitative estimate of drug-likeness (QED) is 0.0257. The fourth-order valence-corrected chi connectivity index (χ4v) is 7.13. The van der Waals surface area contributed by atoms with E-state index in [0.717, 1.165) is 77.0 Å². The number of aliphatic hydroxyl groups is 8. The maximum Gasteiger partial charge on any atom is 0.220 e. The van der Waals surface area contributed by atoms with Crippen molar-refractivity contribution < 1.29 is 64.6 Å². The second-order valence-corrected chi connectivity index (χ2v) is 16.8. The molecule has 67 heavy (non-hydrogen) atoms. The van der Waals surface area contributed by atoms with Crippen LogP contribution >= 0.6 is 0 Å². The largest absolute Gasteiger partial charge is 0.394 e. The molecule has 12 unspecified atom stereocenters. The van der Waals surface area contributed by atoms with Crippen molar-refractivity contribution in [3.63, 3.8) is 0 Å². The van der Waals surface area contributed by atoms with Crippen LogP contribution in [0.5, 0.6) is 0 Å². The average Bonchev–Trinajstić information content (AvgIpc) is 3.32. The Morgan fingerprint density at radius 2 is 1.03 bits per heavy atom. The van der Waals surface area contributed by atoms with Gasteiger partial charge in [-0.2, -0.15) is 0 Å². The average molecular weight is 944 g/mol. The van der Waals surface area contributed by atoms with E-state index < -0.39 is 86.8 Å². The minimum Gasteiger partial charge on any atom is -0.394 e. The molecule has 380 valence electrons. The smallest absolute Gasteiger partial charge is 0.220 e. The number of ether oxygens (including phenoxy) is 4. The van der Waals surface area contributed by atoms with Crippen LogP contribution in [0.15, 0.2) is 109 Å². The zero-order chi connectivity index (χ0) is 48.9. The second-order valence-electron chi connectivity index (χ2n) is 16.8. The number of unbranched alkanes of at least 4 members (excludes halogenated alkanes) is 6. The third kappa shape index (κ3) is 25.7. The number of nitrogens with one attached hydrogen (secondary N) is 1. The Bertz CT molecular complexity index is 1540. The molecular weight excluding hydrogens is 859 g/mol. The lowest BCUT2D eigenvalue weighted by molar-refractivity contribution is -0.359. The molecular formula is C53H85NO13. The third-order valence-electron chi connectivity index (χ3n) is 11.2. The highest BCUT2D eigenvalue weighted by atomic mass is 16.7. The van der Waals surface area contributed by atoms with Crippen molar-refractivity contribution in [2.45, 2.75) is 197 Å². The predicted octanol–water partition coefficient (Wildman–Crippen LogP) is 6.15. The summed E-state index contributed by atoms with van der Waals surface area (Å²) < 4.78 is 22.6. The number of hydrogen-bond acceptors (Lipinski definition) is 13. The molecule has 0 spiro atoms. The summed E-state index contributed by atoms with van der Waals surface area (Å²) in [5, 5.41) is 86.5. The van der Waals surface area contributed by atoms with Gasteiger partial charge in [-0.3, -0.25) is 4.79 Å². The van der Waals surface area contributed by atoms with E-state index in [0.29, 0.717) is 12.8 Å². The molecule has 14 heteroatoms. The monoisotopic (exact) mass is 944 g/mol. The van der Waals surface area contributed by atoms with Gasteiger partial charge in [0.1, 0.15) is 48.8 Å². The van der Waals surface area contributed by atoms with Crippen LogP contribution in [-0.4, -0.2) is 140 Å². The Kier molecular flexibility index (Phi) is 34.3. The normalized spacial score (nSPS) is 27.6. The van der Waals surface area contributed by atoms with Crippen LogP contribution in [0, 0.1) is 0 Å². The van der Waals surface area contributed by atoms with Gasteiger partial charge in [-0.1, -0.05) is 136 Å². The third-order valence-corrected chi connectivity index (χ3v) is 11.2. The van der Waals surface area contributed by atoms with E-state index in [1.54, 1.807) is 6.08 Å². The minimum atomic E-state index is -1.80. The topological polar surface area (TPSA) is 228 Å². The van der Waals surface area contributed by atoms with Crippen molar-refractivity contribution >= 4 is 5.91 Å². The number of aliphatic hydroxyl groups excluding tert-OH is 8. The van der Waals surface area contributed by atoms with Gasteiger partial charge in [0, 0.05) is 6.42 Å². The summed E-state index contributed by atoms with van der Waals surface area (Å²) in [6.07, 6.45) is 35.6. The summed E-state index contributed by atoms with van der Waals surface area (Å²) in [7, 11) is 0. The summed E-state index contributed by atoms with van der Waals surface area (Å²) in [5.74, 6) is -0.304. The first-order valence-corrected chi connectivity index (χ1v) is 24.6. The summed E-state index contributed by atoms with van der Waals surface area (Å²) in [6.45, 7) is 2.52. The Labute approximate surface area is 400 Å². The Balaban J connectivity index is 1.88. The molecule has 0 aromatic rings. The number of carbonyl (C=O) groups is 1. The van der Waals surface area contributed by atoms with E-state index in [9.17, 15) is 45.6 Å². The lowest BCUT2D eigenvalue weighted by Gasteiger charge is -2.46. The van der Waals surface area contributed by atoms with Crippen LogP contribution in [-0.2, 0) is 23.7 Å². The Morgan fingerprint density at radius 3 is 1.58 bits per heavy atom. The van der Waals surface area contributed by atoms with Gasteiger partial charge in [0.2, 0.25) is 5.91 Å². The molecule has 2 aliphatic heterocycles. The molecule has 0 aliphatic carbocycles. The van der Waals surface area contributed by atoms with Crippen LogP contribution in [0.2, 0.25) is 0 Å². The first kappa shape index (κ1) is 59.8. The zero-order valence-corrected chi connectivity index (χ0v) is 40.1. The van der Waals surface area contributed by atoms with Crippen molar-refractivity contribution in [2.24, 2.45) is 0 Å². The lowest BCUT2D eigenvalue weighted by Crippen LogP contribution is -2.65. The van der Waals surface area contributed by atoms with Crippen LogP contribution in [0.4, 0.5) is 0 Å². The minimum absolute atomic E-state index is 0.207. The molecule has 14 nitrogen and oxygen atoms in total. The van der Waals surface area contributed by atoms with E-state index in [2.05, 4.69) is 116 Å². The number of allylic oxidation sites excluding steroid dienone is 17. The second kappa shape index (κ2) is 38.5. The standard InChI is InChI=1S/C53H85NO13/c1-3-5-7-9-11-13-15-17-18-19-20-21-22-23-24-25-27-29-31-33-35-37-45(58)54-41(42(57)36-34-32-30-28-26-16-14-12-10-8-6-4-2)40-64-52-50(63)48(61)51(44(39-56)66-52)67-53-49(62)47(60)46(59)43(38-55)65-53/h5,7,10-13,17-18,20-21,23-24,26-29,34,36,41-44,46-53,55-57,59-63H,3-4,6,8-9,14-16,19,22,25,30-33,35,37-40H2,1-2H3,(H,54,58)/b7-5-,12-10+,13-11-,18-17-,21-20-,24-23-,28-26+,29-27-,36-34+. The van der Waals surface area contributed by atoms with Gasteiger partial charge in [0.05, 0.1) is 32.0 Å². The van der Waals surface area contributed by atoms with Crippen LogP contribution < -0.4 is 5.32 Å². The first-order valence-electron chi connectivity index (χ1n) is 24.6. The van der Waals surface area contributed by atoms with E-state index in [1.165, 1.54) is 12.8 Å². The van der Waals surface area contributed by atoms with Crippen molar-refractivity contribution in [3.8, 4) is 0 Å². The van der Waals surface area contributed by atoms with Gasteiger partial charge in [0.25, 0.3) is 0 Å². The zero-order valence-electron chi connectivity index (χ0n) is 40.1. The number of amides is 1. The fourth-order valence-electron chi connectivity index (χ4n) is 7.13. The van der Waals surface area contributed by atoms with Crippen molar-refractivity contribution in [1.82, 2.24) is 5.32 Å². The molecule has 9 N–H and O–H groups in total. The molecule has 2 aliphatic rings. The summed E-state index contributed by atoms with van der Waals surface area (Å²) in [5.41, 5.74) is 0. The molecule has 2 fully saturated rings. The summed E-state index contributed by atoms with van der Waals surface area (Å²) >= 11 is 0. The highest BCUT2D eigenvalue weighted by molar-refractivity contribution is 5.76. The molecule has 2 heterocycles. The van der Waals surface area contributed by atoms with Crippen LogP contribution in [0.3, 0.4) is 0 Å². The van der Waals surface area contributed by atoms with Crippen molar-refractivity contribution in [1.29, 1.82) is 0 Å². The summed E-state index contributed by atoms with van der Waals surface area (Å²) in [6, 6.07) is -0.967. The van der Waals surface area contributed by atoms with Gasteiger partial charge in [-0.25, -0.2) is 0 Å². The van der Waals surface area contributed by atoms with E-state index in [-0.39, 0.29) is 18.9 Å². The maximum absolute atomic E-state index is 13.1. The van der Waals surface area contributed by atoms with Gasteiger partial charge in [-0.15, -0.1) is 0 Å². The fraction of sp³-hybridized carbons (Fsp3) is 0.642. The van der Waals surface area contributed by atoms with Crippen molar-refractivity contribution in [3.05, 3.63) is 109 Å². The van der Waals surface area contributed by atoms with E-state index >= 15 is 0 Å². The van der Waals surface area contributed by atoms with Crippen LogP contribution in [0.25, 0.3) is 0 Å². The molecule has 0 aromatic heterocycles. The van der Waals surface area contributed by atoms with Crippen LogP contribution in [0.1, 0.15) is 123 Å². The lowest BCUT2D eigenvalue weighted by atomic mass is 9.97. The van der Waals surface area contributed by atoms with Crippen molar-refractivity contribution in [2.75, 3.05) is 19.8 Å². The molecule has 1 amide bonds. The van der Waals surface area contributed by atoms with E-state index in [1.807, 2.05) is 6.08 Å². The first-order chi connectivity index (χ1) is 32.6. The van der Waals surface area contributed by atoms with E-state index in [4.69, 9.17) is 18.9 Å². The number of rotatable bonds is 35. The molecule has 2 rings (SSSR count). The molecule has 0 aromatic carbocycles. The Hall–Kier alpha value is -3.35. The van der Waals surface area contributed by atoms with Gasteiger partial charge in [0.15, 0.2) is 12.6 Å². The SMILES string of the molecule is CC/C=C\C/C=C\C/C=C\C/C=C\C/C=C\C/C=C\CCCCC(=O)NC(COC1OC(CO)C(OC2OC(CO)C(O)C(O)C2O)C(O)C1O)C(O)/C=C/CC/C=C/CC/C=C/CCCC.